The lowest BCUT2D eigenvalue weighted by Gasteiger charge is -2.06. The number of methoxy groups -OCH3 is 1. The molecule has 88 valence electrons. The number of carbonyl (C=O) groups is 1. The molecule has 0 radical (unpaired) electrons. The summed E-state index contributed by atoms with van der Waals surface area (Å²) in [7, 11) is 1.40. The van der Waals surface area contributed by atoms with Crippen LogP contribution in [0.3, 0.4) is 0 Å². The summed E-state index contributed by atoms with van der Waals surface area (Å²) in [4.78, 5) is 13.3. The van der Waals surface area contributed by atoms with Crippen LogP contribution in [-0.4, -0.2) is 25.0 Å². The quantitative estimate of drug-likeness (QED) is 0.366. The molecule has 1 N–H and O–H groups in total. The third-order valence-electron chi connectivity index (χ3n) is 2.03. The van der Waals surface area contributed by atoms with E-state index in [1.54, 1.807) is 18.2 Å². The van der Waals surface area contributed by atoms with Crippen LogP contribution < -0.4 is 4.74 Å². The van der Waals surface area contributed by atoms with Gasteiger partial charge in [0.2, 0.25) is 0 Å². The molecule has 0 aliphatic rings. The molecule has 0 fully saturated rings. The maximum absolute atomic E-state index is 10.7. The number of phenols is 1. The van der Waals surface area contributed by atoms with Crippen LogP contribution >= 0.6 is 0 Å². The summed E-state index contributed by atoms with van der Waals surface area (Å²) in [5, 5.41) is 12.9. The average Bonchev–Trinajstić information content (AvgIpc) is 2.36. The van der Waals surface area contributed by atoms with Gasteiger partial charge in [-0.3, -0.25) is 4.79 Å². The summed E-state index contributed by atoms with van der Waals surface area (Å²) in [5.74, 6) is 0.0349. The number of aldehydes is 1. The highest BCUT2D eigenvalue weighted by atomic mass is 16.5. The molecule has 17 heavy (non-hydrogen) atoms. The average molecular weight is 233 g/mol. The van der Waals surface area contributed by atoms with E-state index in [2.05, 4.69) is 10.0 Å². The van der Waals surface area contributed by atoms with E-state index in [4.69, 9.17) is 10.3 Å². The minimum Gasteiger partial charge on any atom is -0.504 e. The summed E-state index contributed by atoms with van der Waals surface area (Å²) in [5.41, 5.74) is 8.91. The second kappa shape index (κ2) is 6.19. The first kappa shape index (κ1) is 12.6. The van der Waals surface area contributed by atoms with Gasteiger partial charge in [0.1, 0.15) is 0 Å². The molecule has 0 unspecified atom stereocenters. The van der Waals surface area contributed by atoms with Crippen molar-refractivity contribution in [2.24, 2.45) is 5.11 Å². The molecule has 0 heterocycles. The number of azide groups is 1. The Morgan fingerprint density at radius 1 is 1.59 bits per heavy atom. The van der Waals surface area contributed by atoms with Crippen molar-refractivity contribution in [3.8, 4) is 11.5 Å². The van der Waals surface area contributed by atoms with E-state index < -0.39 is 0 Å². The van der Waals surface area contributed by atoms with E-state index in [0.717, 1.165) is 0 Å². The third-order valence-corrected chi connectivity index (χ3v) is 2.03. The zero-order chi connectivity index (χ0) is 12.7. The highest BCUT2D eigenvalue weighted by Gasteiger charge is 2.08. The van der Waals surface area contributed by atoms with Gasteiger partial charge >= 0.3 is 0 Å². The molecule has 0 saturated heterocycles. The van der Waals surface area contributed by atoms with Crippen molar-refractivity contribution in [3.05, 3.63) is 39.8 Å². The summed E-state index contributed by atoms with van der Waals surface area (Å²) in [6.07, 6.45) is 3.85. The molecular weight excluding hydrogens is 222 g/mol. The van der Waals surface area contributed by atoms with E-state index in [0.29, 0.717) is 11.8 Å². The Kier molecular flexibility index (Phi) is 4.59. The first-order chi connectivity index (χ1) is 8.22. The SMILES string of the molecule is COc1cc(C=CCN=[N+]=[N-])cc(C=O)c1O. The fourth-order valence-electron chi connectivity index (χ4n) is 1.27. The van der Waals surface area contributed by atoms with E-state index in [1.165, 1.54) is 13.2 Å². The lowest BCUT2D eigenvalue weighted by Crippen LogP contribution is -1.90. The Balaban J connectivity index is 3.04. The second-order valence-corrected chi connectivity index (χ2v) is 3.09. The maximum Gasteiger partial charge on any atom is 0.168 e. The first-order valence-electron chi connectivity index (χ1n) is 4.76. The van der Waals surface area contributed by atoms with Gasteiger partial charge in [-0.2, -0.15) is 0 Å². The number of hydrogen-bond donors (Lipinski definition) is 1. The fourth-order valence-corrected chi connectivity index (χ4v) is 1.27. The van der Waals surface area contributed by atoms with E-state index in [9.17, 15) is 9.90 Å². The number of aromatic hydroxyl groups is 1. The molecule has 0 aliphatic heterocycles. The topological polar surface area (TPSA) is 95.3 Å². The monoisotopic (exact) mass is 233 g/mol. The van der Waals surface area contributed by atoms with Gasteiger partial charge < -0.3 is 9.84 Å². The van der Waals surface area contributed by atoms with Crippen molar-refractivity contribution in [3.63, 3.8) is 0 Å². The van der Waals surface area contributed by atoms with E-state index in [-0.39, 0.29) is 23.6 Å². The van der Waals surface area contributed by atoms with Crippen LogP contribution in [0.2, 0.25) is 0 Å². The number of carbonyl (C=O) groups excluding carboxylic acids is 1. The van der Waals surface area contributed by atoms with Crippen LogP contribution in [0, 0.1) is 0 Å². The predicted molar refractivity (Wildman–Crippen MR) is 63.1 cm³/mol. The fraction of sp³-hybridized carbons (Fsp3) is 0.182. The standard InChI is InChI=1S/C11H11N3O3/c1-17-10-6-8(3-2-4-13-14-12)5-9(7-15)11(10)16/h2-3,5-7,16H,4H2,1H3. The largest absolute Gasteiger partial charge is 0.504 e. The minimum absolute atomic E-state index is 0.146. The molecule has 0 amide bonds. The van der Waals surface area contributed by atoms with Crippen molar-refractivity contribution >= 4 is 12.4 Å². The highest BCUT2D eigenvalue weighted by molar-refractivity contribution is 5.82. The molecule has 1 aromatic carbocycles. The normalized spacial score (nSPS) is 9.94. The Morgan fingerprint density at radius 3 is 2.94 bits per heavy atom. The van der Waals surface area contributed by atoms with Crippen molar-refractivity contribution in [2.75, 3.05) is 13.7 Å². The van der Waals surface area contributed by atoms with Crippen molar-refractivity contribution < 1.29 is 14.6 Å². The van der Waals surface area contributed by atoms with Gasteiger partial charge in [-0.15, -0.1) is 0 Å². The Bertz CT molecular complexity index is 491. The van der Waals surface area contributed by atoms with Crippen molar-refractivity contribution in [1.82, 2.24) is 0 Å². The molecule has 0 atom stereocenters. The van der Waals surface area contributed by atoms with Crippen molar-refractivity contribution in [2.45, 2.75) is 0 Å². The molecule has 0 spiro atoms. The van der Waals surface area contributed by atoms with Gasteiger partial charge in [-0.1, -0.05) is 17.3 Å². The minimum atomic E-state index is -0.185. The van der Waals surface area contributed by atoms with Crippen LogP contribution in [0.25, 0.3) is 16.5 Å². The first-order valence-corrected chi connectivity index (χ1v) is 4.76. The molecule has 6 heteroatoms. The summed E-state index contributed by atoms with van der Waals surface area (Å²) in [6.45, 7) is 0.218. The second-order valence-electron chi connectivity index (χ2n) is 3.09. The van der Waals surface area contributed by atoms with Gasteiger partial charge in [0.25, 0.3) is 0 Å². The summed E-state index contributed by atoms with van der Waals surface area (Å²) < 4.78 is 4.93. The Labute approximate surface area is 97.8 Å². The lowest BCUT2D eigenvalue weighted by molar-refractivity contribution is 0.112. The number of nitrogens with zero attached hydrogens (tertiary/aromatic N) is 3. The summed E-state index contributed by atoms with van der Waals surface area (Å²) >= 11 is 0. The zero-order valence-corrected chi connectivity index (χ0v) is 9.20. The number of hydrogen-bond acceptors (Lipinski definition) is 4. The molecule has 1 rings (SSSR count). The highest BCUT2D eigenvalue weighted by Crippen LogP contribution is 2.30. The number of phenolic OH excluding ortho intramolecular Hbond substituents is 1. The van der Waals surface area contributed by atoms with Gasteiger partial charge in [-0.25, -0.2) is 0 Å². The number of benzene rings is 1. The van der Waals surface area contributed by atoms with Crippen LogP contribution in [0.5, 0.6) is 11.5 Å². The molecule has 6 nitrogen and oxygen atoms in total. The Hall–Kier alpha value is -2.46. The van der Waals surface area contributed by atoms with Crippen LogP contribution in [0.4, 0.5) is 0 Å². The molecule has 0 saturated carbocycles. The smallest absolute Gasteiger partial charge is 0.168 e. The lowest BCUT2D eigenvalue weighted by atomic mass is 10.1. The molecule has 0 bridgehead atoms. The van der Waals surface area contributed by atoms with Gasteiger partial charge in [0.15, 0.2) is 17.8 Å². The molecular formula is C11H11N3O3. The van der Waals surface area contributed by atoms with Gasteiger partial charge in [0.05, 0.1) is 12.7 Å². The third kappa shape index (κ3) is 3.25. The van der Waals surface area contributed by atoms with Gasteiger partial charge in [-0.05, 0) is 23.2 Å². The number of ether oxygens (including phenoxy) is 1. The van der Waals surface area contributed by atoms with E-state index in [1.807, 2.05) is 0 Å². The predicted octanol–water partition coefficient (Wildman–Crippen LogP) is 2.54. The maximum atomic E-state index is 10.7. The van der Waals surface area contributed by atoms with Crippen LogP contribution in [0.1, 0.15) is 15.9 Å². The molecule has 0 aliphatic carbocycles. The Morgan fingerprint density at radius 2 is 2.35 bits per heavy atom. The van der Waals surface area contributed by atoms with Crippen LogP contribution in [-0.2, 0) is 0 Å². The van der Waals surface area contributed by atoms with E-state index >= 15 is 0 Å². The van der Waals surface area contributed by atoms with Crippen molar-refractivity contribution in [1.29, 1.82) is 0 Å². The van der Waals surface area contributed by atoms with Gasteiger partial charge in [0, 0.05) is 11.5 Å². The molecule has 1 aromatic rings. The van der Waals surface area contributed by atoms with Crippen LogP contribution in [0.15, 0.2) is 23.3 Å². The number of rotatable bonds is 5. The molecule has 0 aromatic heterocycles. The zero-order valence-electron chi connectivity index (χ0n) is 9.20. The summed E-state index contributed by atoms with van der Waals surface area (Å²) in [6, 6.07) is 3.09.